The highest BCUT2D eigenvalue weighted by molar-refractivity contribution is 6.08. The Morgan fingerprint density at radius 2 is 1.76 bits per heavy atom. The van der Waals surface area contributed by atoms with Crippen LogP contribution >= 0.6 is 0 Å². The summed E-state index contributed by atoms with van der Waals surface area (Å²) < 4.78 is 13.9. The van der Waals surface area contributed by atoms with E-state index in [4.69, 9.17) is 5.11 Å². The van der Waals surface area contributed by atoms with Crippen molar-refractivity contribution < 1.29 is 28.7 Å². The van der Waals surface area contributed by atoms with Crippen molar-refractivity contribution in [1.29, 1.82) is 0 Å². The van der Waals surface area contributed by atoms with Crippen LogP contribution in [0.5, 0.6) is 0 Å². The maximum atomic E-state index is 13.9. The number of carbonyl (C=O) groups is 4. The minimum absolute atomic E-state index is 0.202. The molecule has 8 heteroatoms. The fraction of sp³-hybridized carbons (Fsp3) is 0.412. The summed E-state index contributed by atoms with van der Waals surface area (Å²) in [5.41, 5.74) is -0.448. The van der Waals surface area contributed by atoms with Gasteiger partial charge in [0.1, 0.15) is 12.4 Å². The molecule has 132 valence electrons. The zero-order valence-corrected chi connectivity index (χ0v) is 13.3. The van der Waals surface area contributed by atoms with E-state index in [1.807, 2.05) is 0 Å². The highest BCUT2D eigenvalue weighted by Gasteiger charge is 2.48. The highest BCUT2D eigenvalue weighted by Crippen LogP contribution is 2.37. The zero-order chi connectivity index (χ0) is 18.1. The number of carbonyl (C=O) groups excluding carboxylic acids is 3. The Morgan fingerprint density at radius 1 is 1.16 bits per heavy atom. The van der Waals surface area contributed by atoms with Gasteiger partial charge >= 0.3 is 5.97 Å². The average molecular weight is 348 g/mol. The van der Waals surface area contributed by atoms with E-state index in [0.29, 0.717) is 12.8 Å². The quantitative estimate of drug-likeness (QED) is 0.805. The number of hydrogen-bond acceptors (Lipinski definition) is 4. The van der Waals surface area contributed by atoms with Gasteiger partial charge in [-0.3, -0.25) is 19.3 Å². The fourth-order valence-electron chi connectivity index (χ4n) is 3.47. The summed E-state index contributed by atoms with van der Waals surface area (Å²) in [7, 11) is 0. The van der Waals surface area contributed by atoms with Crippen LogP contribution < -0.4 is 5.32 Å². The molecule has 2 unspecified atom stereocenters. The number of fused-ring (bicyclic) bond motifs is 1. The molecule has 0 radical (unpaired) electrons. The molecule has 2 N–H and O–H groups in total. The molecule has 0 spiro atoms. The number of benzene rings is 1. The van der Waals surface area contributed by atoms with Crippen molar-refractivity contribution in [3.63, 3.8) is 0 Å². The molecule has 1 heterocycles. The van der Waals surface area contributed by atoms with Crippen LogP contribution in [0.15, 0.2) is 18.2 Å². The van der Waals surface area contributed by atoms with Crippen molar-refractivity contribution in [1.82, 2.24) is 4.90 Å². The van der Waals surface area contributed by atoms with Crippen molar-refractivity contribution in [2.24, 2.45) is 11.8 Å². The molecule has 2 aliphatic rings. The third kappa shape index (κ3) is 3.24. The van der Waals surface area contributed by atoms with Gasteiger partial charge in [0.15, 0.2) is 0 Å². The minimum Gasteiger partial charge on any atom is -0.478 e. The predicted octanol–water partition coefficient (Wildman–Crippen LogP) is 1.64. The molecule has 1 saturated carbocycles. The molecule has 0 bridgehead atoms. The van der Waals surface area contributed by atoms with Gasteiger partial charge in [0.25, 0.3) is 0 Å². The van der Waals surface area contributed by atoms with Gasteiger partial charge in [-0.1, -0.05) is 12.8 Å². The Morgan fingerprint density at radius 3 is 2.28 bits per heavy atom. The largest absolute Gasteiger partial charge is 0.478 e. The SMILES string of the molecule is O=C(CN1C(=O)C2CCCCC2C1=O)Nc1ccc(C(=O)O)cc1F. The number of carboxylic acids is 1. The molecule has 1 saturated heterocycles. The van der Waals surface area contributed by atoms with E-state index in [0.717, 1.165) is 35.9 Å². The topological polar surface area (TPSA) is 104 Å². The molecule has 1 aromatic carbocycles. The number of aromatic carboxylic acids is 1. The van der Waals surface area contributed by atoms with Gasteiger partial charge in [-0.25, -0.2) is 9.18 Å². The standard InChI is InChI=1S/C17H17FN2O5/c18-12-7-9(17(24)25)5-6-13(12)19-14(21)8-20-15(22)10-3-1-2-4-11(10)16(20)23/h5-7,10-11H,1-4,8H2,(H,19,21)(H,24,25). The summed E-state index contributed by atoms with van der Waals surface area (Å²) in [4.78, 5) is 48.4. The van der Waals surface area contributed by atoms with Crippen molar-refractivity contribution in [3.8, 4) is 0 Å². The van der Waals surface area contributed by atoms with Crippen molar-refractivity contribution >= 4 is 29.4 Å². The van der Waals surface area contributed by atoms with Crippen LogP contribution in [0.4, 0.5) is 10.1 Å². The summed E-state index contributed by atoms with van der Waals surface area (Å²) >= 11 is 0. The van der Waals surface area contributed by atoms with Gasteiger partial charge in [-0.05, 0) is 31.0 Å². The van der Waals surface area contributed by atoms with Gasteiger partial charge in [-0.15, -0.1) is 0 Å². The van der Waals surface area contributed by atoms with Crippen molar-refractivity contribution in [3.05, 3.63) is 29.6 Å². The van der Waals surface area contributed by atoms with Crippen molar-refractivity contribution in [2.45, 2.75) is 25.7 Å². The molecule has 7 nitrogen and oxygen atoms in total. The number of likely N-dealkylation sites (tertiary alicyclic amines) is 1. The van der Waals surface area contributed by atoms with Gasteiger partial charge in [0.2, 0.25) is 17.7 Å². The smallest absolute Gasteiger partial charge is 0.335 e. The Hall–Kier alpha value is -2.77. The molecule has 1 aliphatic carbocycles. The number of amides is 3. The van der Waals surface area contributed by atoms with Gasteiger partial charge in [0.05, 0.1) is 23.1 Å². The van der Waals surface area contributed by atoms with Gasteiger partial charge < -0.3 is 10.4 Å². The minimum atomic E-state index is -1.28. The highest BCUT2D eigenvalue weighted by atomic mass is 19.1. The molecule has 2 fully saturated rings. The Labute approximate surface area is 142 Å². The third-order valence-electron chi connectivity index (χ3n) is 4.72. The van der Waals surface area contributed by atoms with Crippen LogP contribution in [-0.4, -0.2) is 40.2 Å². The third-order valence-corrected chi connectivity index (χ3v) is 4.72. The van der Waals surface area contributed by atoms with E-state index < -0.39 is 24.2 Å². The summed E-state index contributed by atoms with van der Waals surface area (Å²) in [5, 5.41) is 11.1. The van der Waals surface area contributed by atoms with Crippen LogP contribution in [0.2, 0.25) is 0 Å². The van der Waals surface area contributed by atoms with Crippen LogP contribution in [0.25, 0.3) is 0 Å². The molecular weight excluding hydrogens is 331 g/mol. The molecule has 3 amide bonds. The Balaban J connectivity index is 1.68. The number of hydrogen-bond donors (Lipinski definition) is 2. The van der Waals surface area contributed by atoms with E-state index in [1.54, 1.807) is 0 Å². The number of carboxylic acid groups (broad SMARTS) is 1. The van der Waals surface area contributed by atoms with Gasteiger partial charge in [0, 0.05) is 0 Å². The number of halogens is 1. The number of nitrogens with one attached hydrogen (secondary N) is 1. The van der Waals surface area contributed by atoms with E-state index >= 15 is 0 Å². The van der Waals surface area contributed by atoms with Crippen LogP contribution in [-0.2, 0) is 14.4 Å². The first-order valence-electron chi connectivity index (χ1n) is 8.06. The predicted molar refractivity (Wildman–Crippen MR) is 84.2 cm³/mol. The summed E-state index contributed by atoms with van der Waals surface area (Å²) in [6.45, 7) is -0.467. The van der Waals surface area contributed by atoms with Gasteiger partial charge in [-0.2, -0.15) is 0 Å². The molecular formula is C17H17FN2O5. The average Bonchev–Trinajstić information content (AvgIpc) is 2.82. The zero-order valence-electron chi connectivity index (χ0n) is 13.3. The lowest BCUT2D eigenvalue weighted by atomic mass is 9.81. The lowest BCUT2D eigenvalue weighted by Gasteiger charge is -2.19. The Bertz CT molecular complexity index is 739. The lowest BCUT2D eigenvalue weighted by molar-refractivity contribution is -0.142. The second-order valence-corrected chi connectivity index (χ2v) is 6.31. The maximum Gasteiger partial charge on any atom is 0.335 e. The summed E-state index contributed by atoms with van der Waals surface area (Å²) in [5.74, 6) is -4.27. The lowest BCUT2D eigenvalue weighted by Crippen LogP contribution is -2.38. The first-order valence-corrected chi connectivity index (χ1v) is 8.06. The Kier molecular flexibility index (Phi) is 4.52. The monoisotopic (exact) mass is 348 g/mol. The second kappa shape index (κ2) is 6.62. The number of nitrogens with zero attached hydrogens (tertiary/aromatic N) is 1. The van der Waals surface area contributed by atoms with E-state index in [1.165, 1.54) is 0 Å². The first-order chi connectivity index (χ1) is 11.9. The van der Waals surface area contributed by atoms with E-state index in [-0.39, 0.29) is 34.9 Å². The normalized spacial score (nSPS) is 22.7. The van der Waals surface area contributed by atoms with Crippen LogP contribution in [0, 0.1) is 17.7 Å². The summed E-state index contributed by atoms with van der Waals surface area (Å²) in [6.07, 6.45) is 3.08. The van der Waals surface area contributed by atoms with Crippen molar-refractivity contribution in [2.75, 3.05) is 11.9 Å². The van der Waals surface area contributed by atoms with Crippen LogP contribution in [0.3, 0.4) is 0 Å². The fourth-order valence-corrected chi connectivity index (χ4v) is 3.47. The number of anilines is 1. The summed E-state index contributed by atoms with van der Waals surface area (Å²) in [6, 6.07) is 3.07. The van der Waals surface area contributed by atoms with Crippen LogP contribution in [0.1, 0.15) is 36.0 Å². The van der Waals surface area contributed by atoms with E-state index in [9.17, 15) is 23.6 Å². The molecule has 25 heavy (non-hydrogen) atoms. The number of rotatable bonds is 4. The molecule has 1 aliphatic heterocycles. The molecule has 3 rings (SSSR count). The second-order valence-electron chi connectivity index (χ2n) is 6.31. The molecule has 0 aromatic heterocycles. The first kappa shape index (κ1) is 17.1. The maximum absolute atomic E-state index is 13.9. The molecule has 1 aromatic rings. The molecule has 2 atom stereocenters. The number of imide groups is 1. The van der Waals surface area contributed by atoms with E-state index in [2.05, 4.69) is 5.32 Å².